The van der Waals surface area contributed by atoms with Gasteiger partial charge in [-0.3, -0.25) is 0 Å². The van der Waals surface area contributed by atoms with Crippen molar-refractivity contribution in [1.29, 1.82) is 0 Å². The molecule has 0 spiro atoms. The fourth-order valence-electron chi connectivity index (χ4n) is 1.38. The van der Waals surface area contributed by atoms with Crippen LogP contribution in [-0.4, -0.2) is 16.3 Å². The largest absolute Gasteiger partial charge is 0.573 e. The van der Waals surface area contributed by atoms with Crippen molar-refractivity contribution in [2.24, 2.45) is 0 Å². The van der Waals surface area contributed by atoms with Gasteiger partial charge >= 0.3 is 6.36 Å². The van der Waals surface area contributed by atoms with E-state index in [1.807, 2.05) is 0 Å². The highest BCUT2D eigenvalue weighted by atomic mass is 79.9. The minimum absolute atomic E-state index is 0.270. The summed E-state index contributed by atoms with van der Waals surface area (Å²) in [6, 6.07) is 5.41. The van der Waals surface area contributed by atoms with Gasteiger partial charge in [-0.25, -0.2) is 9.97 Å². The van der Waals surface area contributed by atoms with Crippen molar-refractivity contribution in [1.82, 2.24) is 9.97 Å². The lowest BCUT2D eigenvalue weighted by Crippen LogP contribution is -2.16. The monoisotopic (exact) mass is 332 g/mol. The molecule has 1 aromatic heterocycles. The number of hydrogen-bond acceptors (Lipinski definition) is 3. The van der Waals surface area contributed by atoms with Crippen LogP contribution in [0.1, 0.15) is 5.56 Å². The third kappa shape index (κ3) is 3.92. The van der Waals surface area contributed by atoms with Crippen molar-refractivity contribution in [2.75, 3.05) is 0 Å². The van der Waals surface area contributed by atoms with Gasteiger partial charge < -0.3 is 4.74 Å². The summed E-state index contributed by atoms with van der Waals surface area (Å²) in [5.74, 6) is 0.177. The molecule has 0 saturated carbocycles. The molecular formula is C12H8BrF3N2O. The van der Waals surface area contributed by atoms with E-state index in [-0.39, 0.29) is 5.75 Å². The van der Waals surface area contributed by atoms with Gasteiger partial charge in [0.05, 0.1) is 0 Å². The van der Waals surface area contributed by atoms with Crippen molar-refractivity contribution < 1.29 is 17.9 Å². The number of hydrogen-bond donors (Lipinski definition) is 0. The fraction of sp³-hybridized carbons (Fsp3) is 0.167. The summed E-state index contributed by atoms with van der Waals surface area (Å²) in [6.07, 6.45) is -1.38. The van der Waals surface area contributed by atoms with E-state index in [1.54, 1.807) is 12.4 Å². The standard InChI is InChI=1S/C12H8BrF3N2O/c13-5-8-6-17-11(18-7-8)9-1-3-10(4-2-9)19-12(14,15)16/h1-4,6-7H,5H2. The highest BCUT2D eigenvalue weighted by molar-refractivity contribution is 9.08. The number of aromatic nitrogens is 2. The van der Waals surface area contributed by atoms with Gasteiger partial charge in [0.15, 0.2) is 5.82 Å². The quantitative estimate of drug-likeness (QED) is 0.798. The van der Waals surface area contributed by atoms with Crippen LogP contribution in [0.15, 0.2) is 36.7 Å². The van der Waals surface area contributed by atoms with E-state index in [0.29, 0.717) is 16.7 Å². The van der Waals surface area contributed by atoms with Gasteiger partial charge in [0.1, 0.15) is 5.75 Å². The lowest BCUT2D eigenvalue weighted by molar-refractivity contribution is -0.274. The Hall–Kier alpha value is -1.63. The lowest BCUT2D eigenvalue weighted by atomic mass is 10.2. The summed E-state index contributed by atoms with van der Waals surface area (Å²) < 4.78 is 39.8. The molecule has 0 unspecified atom stereocenters. The van der Waals surface area contributed by atoms with Crippen LogP contribution >= 0.6 is 15.9 Å². The van der Waals surface area contributed by atoms with Crippen molar-refractivity contribution in [3.05, 3.63) is 42.2 Å². The Morgan fingerprint density at radius 3 is 2.11 bits per heavy atom. The summed E-state index contributed by atoms with van der Waals surface area (Å²) in [5.41, 5.74) is 1.54. The summed E-state index contributed by atoms with van der Waals surface area (Å²) in [7, 11) is 0. The second-order valence-electron chi connectivity index (χ2n) is 3.62. The van der Waals surface area contributed by atoms with E-state index >= 15 is 0 Å². The van der Waals surface area contributed by atoms with Gasteiger partial charge in [-0.1, -0.05) is 15.9 Å². The Balaban J connectivity index is 2.17. The highest BCUT2D eigenvalue weighted by Gasteiger charge is 2.30. The van der Waals surface area contributed by atoms with Gasteiger partial charge in [0, 0.05) is 23.3 Å². The van der Waals surface area contributed by atoms with Gasteiger partial charge in [0.2, 0.25) is 0 Å². The predicted molar refractivity (Wildman–Crippen MR) is 66.8 cm³/mol. The summed E-state index contributed by atoms with van der Waals surface area (Å²) in [5, 5.41) is 0.644. The van der Waals surface area contributed by atoms with Crippen LogP contribution in [0.25, 0.3) is 11.4 Å². The zero-order valence-corrected chi connectivity index (χ0v) is 11.1. The van der Waals surface area contributed by atoms with Crippen molar-refractivity contribution in [3.63, 3.8) is 0 Å². The smallest absolute Gasteiger partial charge is 0.406 e. The van der Waals surface area contributed by atoms with Crippen LogP contribution in [-0.2, 0) is 5.33 Å². The molecule has 19 heavy (non-hydrogen) atoms. The molecule has 0 saturated heterocycles. The maximum Gasteiger partial charge on any atom is 0.573 e. The van der Waals surface area contributed by atoms with Crippen LogP contribution in [0.5, 0.6) is 5.75 Å². The first-order valence-electron chi connectivity index (χ1n) is 5.21. The normalized spacial score (nSPS) is 11.4. The molecule has 7 heteroatoms. The Morgan fingerprint density at radius 1 is 1.05 bits per heavy atom. The molecule has 0 atom stereocenters. The molecule has 0 bridgehead atoms. The van der Waals surface area contributed by atoms with E-state index < -0.39 is 6.36 Å². The molecule has 0 fully saturated rings. The second-order valence-corrected chi connectivity index (χ2v) is 4.18. The molecule has 100 valence electrons. The number of alkyl halides is 4. The Bertz CT molecular complexity index is 540. The minimum Gasteiger partial charge on any atom is -0.406 e. The first-order chi connectivity index (χ1) is 8.98. The molecule has 3 nitrogen and oxygen atoms in total. The van der Waals surface area contributed by atoms with Crippen LogP contribution in [0.4, 0.5) is 13.2 Å². The average molecular weight is 333 g/mol. The Labute approximate surface area is 115 Å². The highest BCUT2D eigenvalue weighted by Crippen LogP contribution is 2.25. The second kappa shape index (κ2) is 5.56. The molecule has 0 N–H and O–H groups in total. The number of ether oxygens (including phenoxy) is 1. The van der Waals surface area contributed by atoms with E-state index in [4.69, 9.17) is 0 Å². The number of nitrogens with zero attached hydrogens (tertiary/aromatic N) is 2. The lowest BCUT2D eigenvalue weighted by Gasteiger charge is -2.08. The molecule has 1 aromatic carbocycles. The molecule has 0 aliphatic rings. The first-order valence-corrected chi connectivity index (χ1v) is 6.33. The van der Waals surface area contributed by atoms with Crippen molar-refractivity contribution in [3.8, 4) is 17.1 Å². The van der Waals surface area contributed by atoms with E-state index in [9.17, 15) is 13.2 Å². The first kappa shape index (κ1) is 13.8. The third-order valence-electron chi connectivity index (χ3n) is 2.21. The molecular weight excluding hydrogens is 325 g/mol. The van der Waals surface area contributed by atoms with Crippen LogP contribution in [0, 0.1) is 0 Å². The minimum atomic E-state index is -4.68. The van der Waals surface area contributed by atoms with Crippen LogP contribution < -0.4 is 4.74 Å². The van der Waals surface area contributed by atoms with Crippen molar-refractivity contribution >= 4 is 15.9 Å². The van der Waals surface area contributed by atoms with Crippen LogP contribution in [0.3, 0.4) is 0 Å². The number of rotatable bonds is 3. The summed E-state index contributed by atoms with van der Waals surface area (Å²) >= 11 is 3.27. The van der Waals surface area contributed by atoms with Gasteiger partial charge in [-0.2, -0.15) is 0 Å². The Morgan fingerprint density at radius 2 is 1.63 bits per heavy atom. The maximum atomic E-state index is 12.0. The van der Waals surface area contributed by atoms with Gasteiger partial charge in [-0.05, 0) is 29.8 Å². The molecule has 0 aliphatic carbocycles. The van der Waals surface area contributed by atoms with Gasteiger partial charge in [-0.15, -0.1) is 13.2 Å². The van der Waals surface area contributed by atoms with Gasteiger partial charge in [0.25, 0.3) is 0 Å². The van der Waals surface area contributed by atoms with E-state index in [0.717, 1.165) is 5.56 Å². The summed E-state index contributed by atoms with van der Waals surface area (Å²) in [4.78, 5) is 8.24. The topological polar surface area (TPSA) is 35.0 Å². The molecule has 0 aliphatic heterocycles. The molecule has 2 aromatic rings. The van der Waals surface area contributed by atoms with Crippen LogP contribution in [0.2, 0.25) is 0 Å². The third-order valence-corrected chi connectivity index (χ3v) is 2.85. The molecule has 0 amide bonds. The summed E-state index contributed by atoms with van der Waals surface area (Å²) in [6.45, 7) is 0. The van der Waals surface area contributed by atoms with E-state index in [2.05, 4.69) is 30.6 Å². The predicted octanol–water partition coefficient (Wildman–Crippen LogP) is 3.94. The number of halogens is 4. The number of benzene rings is 1. The molecule has 0 radical (unpaired) electrons. The zero-order valence-electron chi connectivity index (χ0n) is 9.49. The van der Waals surface area contributed by atoms with E-state index in [1.165, 1.54) is 24.3 Å². The van der Waals surface area contributed by atoms with Crippen molar-refractivity contribution in [2.45, 2.75) is 11.7 Å². The Kier molecular flexibility index (Phi) is 4.04. The molecule has 2 rings (SSSR count). The zero-order chi connectivity index (χ0) is 13.9. The molecule has 1 heterocycles. The average Bonchev–Trinajstić information content (AvgIpc) is 2.38. The maximum absolute atomic E-state index is 12.0. The fourth-order valence-corrected chi connectivity index (χ4v) is 1.67. The SMILES string of the molecule is FC(F)(F)Oc1ccc(-c2ncc(CBr)cn2)cc1.